The zero-order valence-electron chi connectivity index (χ0n) is 11.3. The molecule has 1 saturated carbocycles. The minimum Gasteiger partial charge on any atom is -0.300 e. The molecule has 1 aliphatic carbocycles. The molecule has 0 aromatic heterocycles. The summed E-state index contributed by atoms with van der Waals surface area (Å²) in [5, 5.41) is 0. The van der Waals surface area contributed by atoms with Gasteiger partial charge in [0.25, 0.3) is 0 Å². The van der Waals surface area contributed by atoms with Crippen molar-refractivity contribution in [1.82, 2.24) is 4.90 Å². The van der Waals surface area contributed by atoms with E-state index in [0.29, 0.717) is 11.8 Å². The fourth-order valence-corrected chi connectivity index (χ4v) is 3.22. The van der Waals surface area contributed by atoms with Gasteiger partial charge in [-0.05, 0) is 30.4 Å². The molecule has 3 rings (SSSR count). The van der Waals surface area contributed by atoms with Crippen molar-refractivity contribution in [3.8, 4) is 0 Å². The van der Waals surface area contributed by atoms with E-state index in [0.717, 1.165) is 45.2 Å². The predicted molar refractivity (Wildman–Crippen MR) is 77.9 cm³/mol. The van der Waals surface area contributed by atoms with Crippen molar-refractivity contribution < 1.29 is 4.79 Å². The fourth-order valence-electron chi connectivity index (χ4n) is 3.22. The molecule has 0 bridgehead atoms. The Morgan fingerprint density at radius 1 is 1.00 bits per heavy atom. The highest BCUT2D eigenvalue weighted by molar-refractivity contribution is 5.79. The second-order valence-electron chi connectivity index (χ2n) is 5.61. The summed E-state index contributed by atoms with van der Waals surface area (Å²) in [7, 11) is 0. The van der Waals surface area contributed by atoms with E-state index in [1.54, 1.807) is 0 Å². The van der Waals surface area contributed by atoms with E-state index in [1.807, 2.05) is 0 Å². The van der Waals surface area contributed by atoms with Crippen LogP contribution in [0.5, 0.6) is 0 Å². The first-order valence-electron chi connectivity index (χ1n) is 7.33. The summed E-state index contributed by atoms with van der Waals surface area (Å²) >= 11 is 0. The van der Waals surface area contributed by atoms with Crippen LogP contribution in [0.2, 0.25) is 0 Å². The Morgan fingerprint density at radius 2 is 1.74 bits per heavy atom. The van der Waals surface area contributed by atoms with Crippen LogP contribution in [0.25, 0.3) is 5.57 Å². The smallest absolute Gasteiger partial charge is 0.133 e. The highest BCUT2D eigenvalue weighted by atomic mass is 16.1. The Bertz CT molecular complexity index is 467. The van der Waals surface area contributed by atoms with Gasteiger partial charge in [-0.25, -0.2) is 0 Å². The minimum absolute atomic E-state index is 0.453. The summed E-state index contributed by atoms with van der Waals surface area (Å²) in [4.78, 5) is 13.9. The van der Waals surface area contributed by atoms with Gasteiger partial charge in [0.2, 0.25) is 0 Å². The lowest BCUT2D eigenvalue weighted by atomic mass is 9.91. The van der Waals surface area contributed by atoms with Crippen LogP contribution < -0.4 is 0 Å². The van der Waals surface area contributed by atoms with E-state index >= 15 is 0 Å². The van der Waals surface area contributed by atoms with Gasteiger partial charge in [0.15, 0.2) is 0 Å². The molecule has 1 fully saturated rings. The maximum atomic E-state index is 11.3. The molecule has 2 aliphatic rings. The van der Waals surface area contributed by atoms with Crippen LogP contribution in [-0.2, 0) is 4.79 Å². The van der Waals surface area contributed by atoms with Crippen molar-refractivity contribution in [3.63, 3.8) is 0 Å². The van der Waals surface area contributed by atoms with E-state index in [1.165, 1.54) is 11.1 Å². The maximum absolute atomic E-state index is 11.3. The molecule has 0 unspecified atom stereocenters. The van der Waals surface area contributed by atoms with Gasteiger partial charge >= 0.3 is 0 Å². The molecular weight excluding hydrogens is 234 g/mol. The van der Waals surface area contributed by atoms with Gasteiger partial charge in [-0.15, -0.1) is 0 Å². The Hall–Kier alpha value is -1.41. The van der Waals surface area contributed by atoms with Crippen LogP contribution in [0.15, 0.2) is 36.4 Å². The zero-order chi connectivity index (χ0) is 13.1. The van der Waals surface area contributed by atoms with Crippen LogP contribution in [0.3, 0.4) is 0 Å². The molecule has 19 heavy (non-hydrogen) atoms. The van der Waals surface area contributed by atoms with Crippen LogP contribution in [-0.4, -0.2) is 29.8 Å². The largest absolute Gasteiger partial charge is 0.300 e. The average molecular weight is 255 g/mol. The Kier molecular flexibility index (Phi) is 3.79. The number of carbonyl (C=O) groups is 1. The third kappa shape index (κ3) is 2.95. The third-order valence-corrected chi connectivity index (χ3v) is 4.41. The van der Waals surface area contributed by atoms with E-state index in [-0.39, 0.29) is 0 Å². The lowest BCUT2D eigenvalue weighted by Gasteiger charge is -2.35. The Labute approximate surface area is 115 Å². The number of carbonyl (C=O) groups excluding carboxylic acids is 1. The normalized spacial score (nSPS) is 22.3. The van der Waals surface area contributed by atoms with Crippen LogP contribution in [0, 0.1) is 0 Å². The number of nitrogens with zero attached hydrogens (tertiary/aromatic N) is 1. The lowest BCUT2D eigenvalue weighted by molar-refractivity contribution is -0.121. The summed E-state index contributed by atoms with van der Waals surface area (Å²) in [6, 6.07) is 11.3. The minimum atomic E-state index is 0.453. The Morgan fingerprint density at radius 3 is 2.37 bits per heavy atom. The molecular formula is C17H21NO. The third-order valence-electron chi connectivity index (χ3n) is 4.41. The van der Waals surface area contributed by atoms with Crippen LogP contribution in [0.4, 0.5) is 0 Å². The van der Waals surface area contributed by atoms with Gasteiger partial charge in [-0.1, -0.05) is 36.4 Å². The molecule has 0 spiro atoms. The number of Topliss-reactive ketones (excluding diaryl/α,β-unsaturated/α-hetero) is 1. The zero-order valence-corrected chi connectivity index (χ0v) is 11.3. The van der Waals surface area contributed by atoms with Gasteiger partial charge in [0.05, 0.1) is 0 Å². The first kappa shape index (κ1) is 12.6. The molecule has 100 valence electrons. The van der Waals surface area contributed by atoms with Gasteiger partial charge in [0.1, 0.15) is 5.78 Å². The van der Waals surface area contributed by atoms with Crippen LogP contribution >= 0.6 is 0 Å². The van der Waals surface area contributed by atoms with Crippen molar-refractivity contribution in [2.75, 3.05) is 13.1 Å². The molecule has 1 aromatic carbocycles. The van der Waals surface area contributed by atoms with Crippen molar-refractivity contribution in [1.29, 1.82) is 0 Å². The molecule has 1 aromatic rings. The molecule has 2 nitrogen and oxygen atoms in total. The fraction of sp³-hybridized carbons (Fsp3) is 0.471. The second-order valence-corrected chi connectivity index (χ2v) is 5.61. The number of benzene rings is 1. The van der Waals surface area contributed by atoms with Crippen molar-refractivity contribution in [2.24, 2.45) is 0 Å². The standard InChI is InChI=1S/C17H21NO/c19-17-8-6-16(7-9-17)18-12-10-15(11-13-18)14-4-2-1-3-5-14/h1-5,10,16H,6-9,11-13H2. The lowest BCUT2D eigenvalue weighted by Crippen LogP contribution is -2.40. The molecule has 2 heteroatoms. The summed E-state index contributed by atoms with van der Waals surface area (Å²) in [6.07, 6.45) is 7.21. The predicted octanol–water partition coefficient (Wildman–Crippen LogP) is 3.29. The summed E-state index contributed by atoms with van der Waals surface area (Å²) in [6.45, 7) is 2.18. The van der Waals surface area contributed by atoms with E-state index in [4.69, 9.17) is 0 Å². The van der Waals surface area contributed by atoms with E-state index < -0.39 is 0 Å². The molecule has 0 radical (unpaired) electrons. The van der Waals surface area contributed by atoms with Crippen molar-refractivity contribution in [2.45, 2.75) is 38.1 Å². The van der Waals surface area contributed by atoms with E-state index in [2.05, 4.69) is 41.3 Å². The highest BCUT2D eigenvalue weighted by Gasteiger charge is 2.25. The molecule has 1 heterocycles. The SMILES string of the molecule is O=C1CCC(N2CC=C(c3ccccc3)CC2)CC1. The summed E-state index contributed by atoms with van der Waals surface area (Å²) < 4.78 is 0. The highest BCUT2D eigenvalue weighted by Crippen LogP contribution is 2.27. The van der Waals surface area contributed by atoms with Gasteiger partial charge in [-0.3, -0.25) is 9.69 Å². The quantitative estimate of drug-likeness (QED) is 0.808. The topological polar surface area (TPSA) is 20.3 Å². The molecule has 0 N–H and O–H groups in total. The molecule has 0 saturated heterocycles. The van der Waals surface area contributed by atoms with Crippen molar-refractivity contribution >= 4 is 11.4 Å². The van der Waals surface area contributed by atoms with E-state index in [9.17, 15) is 4.79 Å². The summed E-state index contributed by atoms with van der Waals surface area (Å²) in [5.41, 5.74) is 2.84. The van der Waals surface area contributed by atoms with Crippen molar-refractivity contribution in [3.05, 3.63) is 42.0 Å². The van der Waals surface area contributed by atoms with Gasteiger partial charge in [-0.2, -0.15) is 0 Å². The first-order chi connectivity index (χ1) is 9.33. The molecule has 1 aliphatic heterocycles. The Balaban J connectivity index is 1.62. The average Bonchev–Trinajstić information content (AvgIpc) is 2.49. The first-order valence-corrected chi connectivity index (χ1v) is 7.33. The second kappa shape index (κ2) is 5.70. The number of ketones is 1. The maximum Gasteiger partial charge on any atom is 0.133 e. The van der Waals surface area contributed by atoms with Crippen LogP contribution in [0.1, 0.15) is 37.7 Å². The summed E-state index contributed by atoms with van der Waals surface area (Å²) in [5.74, 6) is 0.453. The van der Waals surface area contributed by atoms with Gasteiger partial charge < -0.3 is 0 Å². The number of hydrogen-bond acceptors (Lipinski definition) is 2. The number of rotatable bonds is 2. The molecule has 0 atom stereocenters. The monoisotopic (exact) mass is 255 g/mol. The molecule has 0 amide bonds. The van der Waals surface area contributed by atoms with Gasteiger partial charge in [0, 0.05) is 32.0 Å². The number of hydrogen-bond donors (Lipinski definition) is 0.